The number of carbonyl (C=O) groups excluding carboxylic acids is 2. The predicted molar refractivity (Wildman–Crippen MR) is 92.9 cm³/mol. The Bertz CT molecular complexity index is 596. The fourth-order valence-electron chi connectivity index (χ4n) is 3.87. The lowest BCUT2D eigenvalue weighted by Crippen LogP contribution is -2.43. The molecule has 2 amide bonds. The van der Waals surface area contributed by atoms with E-state index in [0.717, 1.165) is 38.6 Å². The lowest BCUT2D eigenvalue weighted by atomic mass is 9.99. The molecule has 2 fully saturated rings. The minimum absolute atomic E-state index is 0.0444. The van der Waals surface area contributed by atoms with Crippen LogP contribution in [0, 0.1) is 0 Å². The molecule has 1 aromatic rings. The molecular weight excluding hydrogens is 302 g/mol. The molecule has 0 bridgehead atoms. The second-order valence-corrected chi connectivity index (χ2v) is 6.94. The van der Waals surface area contributed by atoms with Crippen molar-refractivity contribution in [2.45, 2.75) is 70.4 Å². The van der Waals surface area contributed by atoms with Crippen molar-refractivity contribution in [3.8, 4) is 0 Å². The van der Waals surface area contributed by atoms with Gasteiger partial charge >= 0.3 is 0 Å². The molecule has 0 spiro atoms. The largest absolute Gasteiger partial charge is 0.349 e. The van der Waals surface area contributed by atoms with Gasteiger partial charge < -0.3 is 10.2 Å². The van der Waals surface area contributed by atoms with Gasteiger partial charge in [-0.25, -0.2) is 0 Å². The zero-order valence-corrected chi connectivity index (χ0v) is 14.5. The van der Waals surface area contributed by atoms with Crippen molar-refractivity contribution in [3.05, 3.63) is 29.6 Å². The van der Waals surface area contributed by atoms with Crippen LogP contribution in [-0.2, 0) is 0 Å². The summed E-state index contributed by atoms with van der Waals surface area (Å²) in [7, 11) is 0. The van der Waals surface area contributed by atoms with E-state index in [0.29, 0.717) is 17.3 Å². The summed E-state index contributed by atoms with van der Waals surface area (Å²) in [5.74, 6) is -0.138. The Morgan fingerprint density at radius 3 is 2.71 bits per heavy atom. The fraction of sp³-hybridized carbons (Fsp3) is 0.632. The van der Waals surface area contributed by atoms with Gasteiger partial charge in [0.05, 0.1) is 0 Å². The molecule has 5 nitrogen and oxygen atoms in total. The zero-order chi connectivity index (χ0) is 16.9. The van der Waals surface area contributed by atoms with Crippen LogP contribution in [0.4, 0.5) is 0 Å². The Hall–Kier alpha value is -1.91. The molecule has 24 heavy (non-hydrogen) atoms. The third kappa shape index (κ3) is 3.77. The van der Waals surface area contributed by atoms with Gasteiger partial charge in [0.2, 0.25) is 0 Å². The SMILES string of the molecule is CCC1CCCCN1C(=O)c1cc(C(=O)NC2CCCC2)ccn1. The average Bonchev–Trinajstić information content (AvgIpc) is 3.14. The van der Waals surface area contributed by atoms with E-state index in [1.807, 2.05) is 4.90 Å². The quantitative estimate of drug-likeness (QED) is 0.923. The number of piperidine rings is 1. The summed E-state index contributed by atoms with van der Waals surface area (Å²) in [6.45, 7) is 2.91. The number of pyridine rings is 1. The molecule has 5 heteroatoms. The molecule has 2 aliphatic rings. The molecular formula is C19H27N3O2. The molecule has 0 aromatic carbocycles. The number of aromatic nitrogens is 1. The van der Waals surface area contributed by atoms with E-state index in [4.69, 9.17) is 0 Å². The van der Waals surface area contributed by atoms with E-state index in [1.165, 1.54) is 19.3 Å². The normalized spacial score (nSPS) is 21.7. The van der Waals surface area contributed by atoms with Crippen LogP contribution in [0.2, 0.25) is 0 Å². The monoisotopic (exact) mass is 329 g/mol. The number of rotatable bonds is 4. The predicted octanol–water partition coefficient (Wildman–Crippen LogP) is 3.16. The highest BCUT2D eigenvalue weighted by atomic mass is 16.2. The first-order valence-electron chi connectivity index (χ1n) is 9.27. The zero-order valence-electron chi connectivity index (χ0n) is 14.5. The van der Waals surface area contributed by atoms with Crippen LogP contribution in [0.5, 0.6) is 0 Å². The van der Waals surface area contributed by atoms with Crippen LogP contribution in [-0.4, -0.2) is 40.3 Å². The molecule has 1 aromatic heterocycles. The third-order valence-electron chi connectivity index (χ3n) is 5.29. The van der Waals surface area contributed by atoms with Crippen molar-refractivity contribution in [2.75, 3.05) is 6.54 Å². The minimum Gasteiger partial charge on any atom is -0.349 e. The highest BCUT2D eigenvalue weighted by molar-refractivity contribution is 5.98. The minimum atomic E-state index is -0.0935. The maximum atomic E-state index is 12.8. The molecule has 3 rings (SSSR count). The van der Waals surface area contributed by atoms with E-state index in [2.05, 4.69) is 17.2 Å². The van der Waals surface area contributed by atoms with Crippen molar-refractivity contribution < 1.29 is 9.59 Å². The number of nitrogens with one attached hydrogen (secondary N) is 1. The van der Waals surface area contributed by atoms with E-state index in [9.17, 15) is 9.59 Å². The smallest absolute Gasteiger partial charge is 0.272 e. The van der Waals surface area contributed by atoms with Crippen molar-refractivity contribution in [1.82, 2.24) is 15.2 Å². The van der Waals surface area contributed by atoms with Crippen LogP contribution < -0.4 is 5.32 Å². The maximum Gasteiger partial charge on any atom is 0.272 e. The first kappa shape index (κ1) is 16.9. The highest BCUT2D eigenvalue weighted by Gasteiger charge is 2.27. The Morgan fingerprint density at radius 1 is 1.21 bits per heavy atom. The Balaban J connectivity index is 1.71. The topological polar surface area (TPSA) is 62.3 Å². The Morgan fingerprint density at radius 2 is 1.96 bits per heavy atom. The summed E-state index contributed by atoms with van der Waals surface area (Å²) in [6.07, 6.45) is 10.3. The second kappa shape index (κ2) is 7.77. The van der Waals surface area contributed by atoms with Gasteiger partial charge in [0.25, 0.3) is 11.8 Å². The maximum absolute atomic E-state index is 12.8. The van der Waals surface area contributed by atoms with Crippen LogP contribution in [0.1, 0.15) is 79.1 Å². The first-order valence-corrected chi connectivity index (χ1v) is 9.27. The number of hydrogen-bond acceptors (Lipinski definition) is 3. The van der Waals surface area contributed by atoms with Crippen LogP contribution in [0.3, 0.4) is 0 Å². The number of amides is 2. The lowest BCUT2D eigenvalue weighted by molar-refractivity contribution is 0.0602. The third-order valence-corrected chi connectivity index (χ3v) is 5.29. The van der Waals surface area contributed by atoms with Gasteiger partial charge in [-0.05, 0) is 50.7 Å². The molecule has 1 N–H and O–H groups in total. The number of hydrogen-bond donors (Lipinski definition) is 1. The van der Waals surface area contributed by atoms with Crippen molar-refractivity contribution in [3.63, 3.8) is 0 Å². The average molecular weight is 329 g/mol. The molecule has 1 aliphatic heterocycles. The Kier molecular flexibility index (Phi) is 5.48. The van der Waals surface area contributed by atoms with Crippen molar-refractivity contribution in [1.29, 1.82) is 0 Å². The molecule has 1 saturated heterocycles. The number of carbonyl (C=O) groups is 2. The van der Waals surface area contributed by atoms with E-state index < -0.39 is 0 Å². The molecule has 1 atom stereocenters. The van der Waals surface area contributed by atoms with Gasteiger partial charge in [-0.2, -0.15) is 0 Å². The van der Waals surface area contributed by atoms with Crippen LogP contribution in [0.25, 0.3) is 0 Å². The van der Waals surface area contributed by atoms with Gasteiger partial charge in [-0.1, -0.05) is 19.8 Å². The summed E-state index contributed by atoms with van der Waals surface area (Å²) in [5.41, 5.74) is 0.916. The van der Waals surface area contributed by atoms with Crippen molar-refractivity contribution >= 4 is 11.8 Å². The molecule has 130 valence electrons. The van der Waals surface area contributed by atoms with E-state index in [1.54, 1.807) is 18.3 Å². The summed E-state index contributed by atoms with van der Waals surface area (Å²) < 4.78 is 0. The van der Waals surface area contributed by atoms with Gasteiger partial charge in [0, 0.05) is 30.4 Å². The van der Waals surface area contributed by atoms with Gasteiger partial charge in [-0.15, -0.1) is 0 Å². The Labute approximate surface area is 143 Å². The van der Waals surface area contributed by atoms with Crippen LogP contribution in [0.15, 0.2) is 18.3 Å². The highest BCUT2D eigenvalue weighted by Crippen LogP contribution is 2.22. The van der Waals surface area contributed by atoms with Gasteiger partial charge in [0.1, 0.15) is 5.69 Å². The molecule has 1 aliphatic carbocycles. The standard InChI is InChI=1S/C19H27N3O2/c1-2-16-9-5-6-12-22(16)19(24)17-13-14(10-11-20-17)18(23)21-15-7-3-4-8-15/h10-11,13,15-16H,2-9,12H2,1H3,(H,21,23). The summed E-state index contributed by atoms with van der Waals surface area (Å²) in [4.78, 5) is 31.4. The van der Waals surface area contributed by atoms with Gasteiger partial charge in [-0.3, -0.25) is 14.6 Å². The summed E-state index contributed by atoms with van der Waals surface area (Å²) in [5, 5.41) is 3.07. The lowest BCUT2D eigenvalue weighted by Gasteiger charge is -2.35. The summed E-state index contributed by atoms with van der Waals surface area (Å²) >= 11 is 0. The molecule has 1 unspecified atom stereocenters. The fourth-order valence-corrected chi connectivity index (χ4v) is 3.87. The molecule has 0 radical (unpaired) electrons. The van der Waals surface area contributed by atoms with E-state index >= 15 is 0 Å². The van der Waals surface area contributed by atoms with E-state index in [-0.39, 0.29) is 17.9 Å². The molecule has 2 heterocycles. The van der Waals surface area contributed by atoms with Crippen LogP contribution >= 0.6 is 0 Å². The number of nitrogens with zero attached hydrogens (tertiary/aromatic N) is 2. The second-order valence-electron chi connectivity index (χ2n) is 6.94. The first-order chi connectivity index (χ1) is 11.7. The molecule has 1 saturated carbocycles. The summed E-state index contributed by atoms with van der Waals surface area (Å²) in [6, 6.07) is 3.91. The number of likely N-dealkylation sites (tertiary alicyclic amines) is 1. The van der Waals surface area contributed by atoms with Gasteiger partial charge in [0.15, 0.2) is 0 Å². The van der Waals surface area contributed by atoms with Crippen molar-refractivity contribution in [2.24, 2.45) is 0 Å².